The van der Waals surface area contributed by atoms with Gasteiger partial charge in [-0.05, 0) is 37.1 Å². The molecule has 2 atom stereocenters. The molecule has 3 heteroatoms. The Morgan fingerprint density at radius 3 is 2.27 bits per heavy atom. The molecule has 0 aromatic heterocycles. The van der Waals surface area contributed by atoms with E-state index in [2.05, 4.69) is 17.0 Å². The highest BCUT2D eigenvalue weighted by molar-refractivity contribution is 5.53. The van der Waals surface area contributed by atoms with Crippen molar-refractivity contribution in [3.8, 4) is 0 Å². The maximum absolute atomic E-state index is 5.81. The van der Waals surface area contributed by atoms with Gasteiger partial charge in [0.25, 0.3) is 0 Å². The van der Waals surface area contributed by atoms with Gasteiger partial charge in [-0.1, -0.05) is 0 Å². The fourth-order valence-electron chi connectivity index (χ4n) is 2.51. The first-order chi connectivity index (χ1) is 7.31. The van der Waals surface area contributed by atoms with Crippen molar-refractivity contribution in [1.29, 1.82) is 0 Å². The molecule has 1 aromatic rings. The highest BCUT2D eigenvalue weighted by Gasteiger charge is 2.33. The largest absolute Gasteiger partial charge is 0.399 e. The van der Waals surface area contributed by atoms with Crippen LogP contribution in [0, 0.1) is 0 Å². The number of nitrogens with zero attached hydrogens (tertiary/aromatic N) is 1. The van der Waals surface area contributed by atoms with Crippen molar-refractivity contribution in [2.24, 2.45) is 0 Å². The monoisotopic (exact) mass is 204 g/mol. The third kappa shape index (κ3) is 1.67. The maximum Gasteiger partial charge on any atom is 0.0755 e. The molecule has 2 heterocycles. The van der Waals surface area contributed by atoms with E-state index in [0.717, 1.165) is 18.8 Å². The smallest absolute Gasteiger partial charge is 0.0755 e. The Labute approximate surface area is 89.8 Å². The van der Waals surface area contributed by atoms with Crippen LogP contribution < -0.4 is 10.6 Å². The minimum absolute atomic E-state index is 0.446. The number of fused-ring (bicyclic) bond motifs is 2. The van der Waals surface area contributed by atoms with E-state index < -0.39 is 0 Å². The number of nitrogen functional groups attached to an aromatic ring is 1. The third-order valence-corrected chi connectivity index (χ3v) is 3.30. The van der Waals surface area contributed by atoms with Crippen LogP contribution in [-0.4, -0.2) is 25.3 Å². The van der Waals surface area contributed by atoms with Crippen LogP contribution in [0.5, 0.6) is 0 Å². The number of benzene rings is 1. The van der Waals surface area contributed by atoms with E-state index in [1.807, 2.05) is 12.1 Å². The summed E-state index contributed by atoms with van der Waals surface area (Å²) in [5.74, 6) is 0. The molecule has 0 saturated carbocycles. The van der Waals surface area contributed by atoms with E-state index in [0.29, 0.717) is 12.2 Å². The summed E-state index contributed by atoms with van der Waals surface area (Å²) in [7, 11) is 0. The second-order valence-corrected chi connectivity index (χ2v) is 4.45. The first-order valence-corrected chi connectivity index (χ1v) is 5.57. The van der Waals surface area contributed by atoms with Gasteiger partial charge in [0.15, 0.2) is 0 Å². The van der Waals surface area contributed by atoms with Gasteiger partial charge in [-0.3, -0.25) is 0 Å². The molecule has 2 saturated heterocycles. The lowest BCUT2D eigenvalue weighted by atomic mass is 10.2. The van der Waals surface area contributed by atoms with Crippen LogP contribution in [0.1, 0.15) is 12.8 Å². The first-order valence-electron chi connectivity index (χ1n) is 5.57. The van der Waals surface area contributed by atoms with Crippen molar-refractivity contribution >= 4 is 11.4 Å². The molecule has 3 nitrogen and oxygen atoms in total. The summed E-state index contributed by atoms with van der Waals surface area (Å²) in [6, 6.07) is 8.12. The minimum atomic E-state index is 0.446. The van der Waals surface area contributed by atoms with Crippen LogP contribution in [0.2, 0.25) is 0 Å². The number of hydrogen-bond donors (Lipinski definition) is 1. The van der Waals surface area contributed by atoms with Gasteiger partial charge in [0.2, 0.25) is 0 Å². The van der Waals surface area contributed by atoms with Crippen molar-refractivity contribution in [3.05, 3.63) is 24.3 Å². The van der Waals surface area contributed by atoms with Gasteiger partial charge in [0, 0.05) is 24.5 Å². The highest BCUT2D eigenvalue weighted by Crippen LogP contribution is 2.29. The van der Waals surface area contributed by atoms with Gasteiger partial charge in [0.1, 0.15) is 0 Å². The summed E-state index contributed by atoms with van der Waals surface area (Å²) in [6.45, 7) is 2.06. The Balaban J connectivity index is 1.80. The summed E-state index contributed by atoms with van der Waals surface area (Å²) in [5.41, 5.74) is 7.78. The normalized spacial score (nSPS) is 29.5. The molecule has 80 valence electrons. The lowest BCUT2D eigenvalue weighted by Gasteiger charge is -2.33. The number of anilines is 2. The second-order valence-electron chi connectivity index (χ2n) is 4.45. The quantitative estimate of drug-likeness (QED) is 0.707. The molecule has 15 heavy (non-hydrogen) atoms. The second kappa shape index (κ2) is 3.42. The Morgan fingerprint density at radius 2 is 1.67 bits per heavy atom. The van der Waals surface area contributed by atoms with Gasteiger partial charge in [-0.15, -0.1) is 0 Å². The van der Waals surface area contributed by atoms with Crippen LogP contribution in [0.3, 0.4) is 0 Å². The molecule has 2 aliphatic heterocycles. The molecule has 1 aromatic carbocycles. The van der Waals surface area contributed by atoms with E-state index in [4.69, 9.17) is 10.5 Å². The Morgan fingerprint density at radius 1 is 1.07 bits per heavy atom. The zero-order valence-electron chi connectivity index (χ0n) is 8.73. The summed E-state index contributed by atoms with van der Waals surface area (Å²) < 4.78 is 5.81. The van der Waals surface area contributed by atoms with Gasteiger partial charge < -0.3 is 15.4 Å². The number of ether oxygens (including phenoxy) is 1. The van der Waals surface area contributed by atoms with E-state index in [9.17, 15) is 0 Å². The molecular weight excluding hydrogens is 188 g/mol. The predicted octanol–water partition coefficient (Wildman–Crippen LogP) is 1.64. The number of hydrogen-bond acceptors (Lipinski definition) is 3. The molecular formula is C12H16N2O. The lowest BCUT2D eigenvalue weighted by Crippen LogP contribution is -2.42. The van der Waals surface area contributed by atoms with Gasteiger partial charge >= 0.3 is 0 Å². The Bertz CT molecular complexity index is 337. The van der Waals surface area contributed by atoms with Gasteiger partial charge in [0.05, 0.1) is 12.2 Å². The number of morpholine rings is 1. The van der Waals surface area contributed by atoms with Crippen LogP contribution in [0.25, 0.3) is 0 Å². The minimum Gasteiger partial charge on any atom is -0.399 e. The van der Waals surface area contributed by atoms with Crippen molar-refractivity contribution in [1.82, 2.24) is 0 Å². The zero-order valence-corrected chi connectivity index (χ0v) is 8.73. The highest BCUT2D eigenvalue weighted by atomic mass is 16.5. The van der Waals surface area contributed by atoms with Crippen LogP contribution >= 0.6 is 0 Å². The Hall–Kier alpha value is -1.22. The standard InChI is InChI=1S/C12H16N2O/c13-9-1-3-10(4-2-9)14-7-11-5-6-12(8-14)15-11/h1-4,11-12H,5-8,13H2/t11-,12-/m1/s1. The summed E-state index contributed by atoms with van der Waals surface area (Å²) in [4.78, 5) is 2.41. The Kier molecular flexibility index (Phi) is 2.06. The van der Waals surface area contributed by atoms with Gasteiger partial charge in [-0.25, -0.2) is 0 Å². The molecule has 3 rings (SSSR count). The lowest BCUT2D eigenvalue weighted by molar-refractivity contribution is 0.0305. The van der Waals surface area contributed by atoms with E-state index in [1.54, 1.807) is 0 Å². The van der Waals surface area contributed by atoms with E-state index in [1.165, 1.54) is 18.5 Å². The van der Waals surface area contributed by atoms with Crippen molar-refractivity contribution < 1.29 is 4.74 Å². The van der Waals surface area contributed by atoms with E-state index in [-0.39, 0.29) is 0 Å². The summed E-state index contributed by atoms with van der Waals surface area (Å²) in [5, 5.41) is 0. The number of rotatable bonds is 1. The van der Waals surface area contributed by atoms with E-state index >= 15 is 0 Å². The molecule has 0 spiro atoms. The van der Waals surface area contributed by atoms with Crippen molar-refractivity contribution in [3.63, 3.8) is 0 Å². The molecule has 0 aliphatic carbocycles. The van der Waals surface area contributed by atoms with Crippen molar-refractivity contribution in [2.45, 2.75) is 25.0 Å². The summed E-state index contributed by atoms with van der Waals surface area (Å²) >= 11 is 0. The third-order valence-electron chi connectivity index (χ3n) is 3.30. The molecule has 0 radical (unpaired) electrons. The molecule has 2 bridgehead atoms. The van der Waals surface area contributed by atoms with Crippen LogP contribution in [0.15, 0.2) is 24.3 Å². The molecule has 0 unspecified atom stereocenters. The van der Waals surface area contributed by atoms with Crippen molar-refractivity contribution in [2.75, 3.05) is 23.7 Å². The first kappa shape index (κ1) is 9.04. The fourth-order valence-corrected chi connectivity index (χ4v) is 2.51. The molecule has 0 amide bonds. The SMILES string of the molecule is Nc1ccc(N2C[C@H]3CC[C@H](C2)O3)cc1. The number of nitrogens with two attached hydrogens (primary N) is 1. The predicted molar refractivity (Wildman–Crippen MR) is 61.0 cm³/mol. The molecule has 2 fully saturated rings. The van der Waals surface area contributed by atoms with Crippen LogP contribution in [0.4, 0.5) is 11.4 Å². The zero-order chi connectivity index (χ0) is 10.3. The molecule has 2 N–H and O–H groups in total. The topological polar surface area (TPSA) is 38.5 Å². The maximum atomic E-state index is 5.81. The summed E-state index contributed by atoms with van der Waals surface area (Å²) in [6.07, 6.45) is 3.33. The fraction of sp³-hybridized carbons (Fsp3) is 0.500. The average molecular weight is 204 g/mol. The van der Waals surface area contributed by atoms with Crippen LogP contribution in [-0.2, 0) is 4.74 Å². The van der Waals surface area contributed by atoms with Gasteiger partial charge in [-0.2, -0.15) is 0 Å². The average Bonchev–Trinajstić information content (AvgIpc) is 2.59. The molecule has 2 aliphatic rings.